The zero-order valence-electron chi connectivity index (χ0n) is 15.5. The first-order valence-electron chi connectivity index (χ1n) is 9.52. The molecular formula is C23H21N5. The number of allylic oxidation sites excluding steroid dienone is 3. The standard InChI is InChI=1S/C23H21N5/c24-22-18-13-14(8-11-21(18)27-23(25)28-22)12-16-5-3-7-20-17(16)10-9-15-4-1-2-6-19(15)26-20/h1-4,6-9,11,13,16H,5,10,12H2,(H4,24,25,27,28). The van der Waals surface area contributed by atoms with Gasteiger partial charge in [-0.15, -0.1) is 0 Å². The predicted octanol–water partition coefficient (Wildman–Crippen LogP) is 2.67. The SMILES string of the molecule is Nc1nc(N)c2cc(CC3CC=CC4=C3CC=c3ccccc3=N4)ccc2n1. The highest BCUT2D eigenvalue weighted by Gasteiger charge is 2.21. The first-order valence-corrected chi connectivity index (χ1v) is 9.52. The lowest BCUT2D eigenvalue weighted by atomic mass is 9.83. The maximum absolute atomic E-state index is 6.06. The van der Waals surface area contributed by atoms with Crippen molar-refractivity contribution in [1.29, 1.82) is 0 Å². The fraction of sp³-hybridized carbons (Fsp3) is 0.174. The molecule has 2 heterocycles. The normalized spacial score (nSPS) is 18.1. The van der Waals surface area contributed by atoms with Gasteiger partial charge in [0.05, 0.1) is 16.6 Å². The van der Waals surface area contributed by atoms with E-state index in [2.05, 4.69) is 58.5 Å². The van der Waals surface area contributed by atoms with E-state index < -0.39 is 0 Å². The van der Waals surface area contributed by atoms with Crippen LogP contribution >= 0.6 is 0 Å². The summed E-state index contributed by atoms with van der Waals surface area (Å²) in [4.78, 5) is 13.3. The van der Waals surface area contributed by atoms with Gasteiger partial charge in [-0.25, -0.2) is 9.98 Å². The van der Waals surface area contributed by atoms with Crippen LogP contribution in [0, 0.1) is 5.92 Å². The summed E-state index contributed by atoms with van der Waals surface area (Å²) in [6.07, 6.45) is 9.58. The van der Waals surface area contributed by atoms with E-state index in [1.54, 1.807) is 0 Å². The van der Waals surface area contributed by atoms with Crippen LogP contribution in [-0.4, -0.2) is 9.97 Å². The maximum Gasteiger partial charge on any atom is 0.222 e. The van der Waals surface area contributed by atoms with Crippen molar-refractivity contribution in [1.82, 2.24) is 9.97 Å². The van der Waals surface area contributed by atoms with Crippen LogP contribution in [0.3, 0.4) is 0 Å². The van der Waals surface area contributed by atoms with Gasteiger partial charge in [-0.05, 0) is 65.8 Å². The van der Waals surface area contributed by atoms with Gasteiger partial charge < -0.3 is 11.5 Å². The molecular weight excluding hydrogens is 346 g/mol. The van der Waals surface area contributed by atoms with Gasteiger partial charge in [-0.1, -0.05) is 36.4 Å². The molecule has 138 valence electrons. The molecule has 0 spiro atoms. The Balaban J connectivity index is 1.51. The van der Waals surface area contributed by atoms with Crippen LogP contribution in [0.2, 0.25) is 0 Å². The van der Waals surface area contributed by atoms with Crippen LogP contribution in [-0.2, 0) is 6.42 Å². The number of hydrogen-bond acceptors (Lipinski definition) is 5. The van der Waals surface area contributed by atoms with Gasteiger partial charge in [-0.2, -0.15) is 4.98 Å². The topological polar surface area (TPSA) is 90.2 Å². The third-order valence-corrected chi connectivity index (χ3v) is 5.53. The van der Waals surface area contributed by atoms with Gasteiger partial charge >= 0.3 is 0 Å². The molecule has 0 saturated heterocycles. The van der Waals surface area contributed by atoms with Crippen LogP contribution < -0.4 is 22.0 Å². The van der Waals surface area contributed by atoms with Gasteiger partial charge in [0.1, 0.15) is 5.82 Å². The number of aromatic nitrogens is 2. The lowest BCUT2D eigenvalue weighted by Crippen LogP contribution is -2.23. The highest BCUT2D eigenvalue weighted by Crippen LogP contribution is 2.33. The molecule has 1 unspecified atom stereocenters. The molecule has 2 aliphatic rings. The van der Waals surface area contributed by atoms with E-state index in [0.29, 0.717) is 11.7 Å². The second-order valence-electron chi connectivity index (χ2n) is 7.35. The molecule has 3 aromatic rings. The molecule has 1 atom stereocenters. The van der Waals surface area contributed by atoms with Gasteiger partial charge in [0.15, 0.2) is 0 Å². The number of anilines is 2. The molecule has 0 radical (unpaired) electrons. The smallest absolute Gasteiger partial charge is 0.222 e. The fourth-order valence-electron chi connectivity index (χ4n) is 4.13. The summed E-state index contributed by atoms with van der Waals surface area (Å²) in [6, 6.07) is 14.5. The van der Waals surface area contributed by atoms with Crippen molar-refractivity contribution >= 4 is 28.7 Å². The summed E-state index contributed by atoms with van der Waals surface area (Å²) in [7, 11) is 0. The van der Waals surface area contributed by atoms with E-state index in [1.807, 2.05) is 12.1 Å². The number of nitrogen functional groups attached to an aromatic ring is 2. The third-order valence-electron chi connectivity index (χ3n) is 5.53. The minimum atomic E-state index is 0.208. The number of fused-ring (bicyclic) bond motifs is 2. The van der Waals surface area contributed by atoms with E-state index in [0.717, 1.165) is 41.2 Å². The Morgan fingerprint density at radius 1 is 1.04 bits per heavy atom. The van der Waals surface area contributed by atoms with E-state index in [4.69, 9.17) is 16.5 Å². The van der Waals surface area contributed by atoms with Crippen LogP contribution in [0.15, 0.2) is 70.9 Å². The molecule has 28 heavy (non-hydrogen) atoms. The summed E-state index contributed by atoms with van der Waals surface area (Å²) < 4.78 is 0. The summed E-state index contributed by atoms with van der Waals surface area (Å²) in [5.74, 6) is 1.06. The number of benzene rings is 2. The average Bonchev–Trinajstić information content (AvgIpc) is 2.88. The molecule has 4 N–H and O–H groups in total. The molecule has 1 aromatic heterocycles. The van der Waals surface area contributed by atoms with Gasteiger partial charge in [0, 0.05) is 5.39 Å². The van der Waals surface area contributed by atoms with Gasteiger partial charge in [0.25, 0.3) is 0 Å². The molecule has 2 aromatic carbocycles. The third kappa shape index (κ3) is 2.95. The first kappa shape index (κ1) is 16.7. The van der Waals surface area contributed by atoms with E-state index in [1.165, 1.54) is 16.4 Å². The van der Waals surface area contributed by atoms with Crippen molar-refractivity contribution in [2.45, 2.75) is 19.3 Å². The minimum absolute atomic E-state index is 0.208. The van der Waals surface area contributed by atoms with Gasteiger partial charge in [0.2, 0.25) is 5.95 Å². The van der Waals surface area contributed by atoms with Crippen LogP contribution in [0.25, 0.3) is 17.0 Å². The predicted molar refractivity (Wildman–Crippen MR) is 113 cm³/mol. The summed E-state index contributed by atoms with van der Waals surface area (Å²) in [6.45, 7) is 0. The summed E-state index contributed by atoms with van der Waals surface area (Å²) in [5, 5.41) is 3.11. The van der Waals surface area contributed by atoms with Crippen LogP contribution in [0.1, 0.15) is 18.4 Å². The monoisotopic (exact) mass is 367 g/mol. The largest absolute Gasteiger partial charge is 0.383 e. The molecule has 5 nitrogen and oxygen atoms in total. The molecule has 0 saturated carbocycles. The second-order valence-corrected chi connectivity index (χ2v) is 7.35. The zero-order valence-corrected chi connectivity index (χ0v) is 15.5. The molecule has 1 aliphatic heterocycles. The van der Waals surface area contributed by atoms with E-state index in [-0.39, 0.29) is 5.95 Å². The molecule has 1 aliphatic carbocycles. The number of rotatable bonds is 2. The van der Waals surface area contributed by atoms with E-state index >= 15 is 0 Å². The van der Waals surface area contributed by atoms with Crippen molar-refractivity contribution in [3.63, 3.8) is 0 Å². The second kappa shape index (κ2) is 6.60. The quantitative estimate of drug-likeness (QED) is 0.729. The van der Waals surface area contributed by atoms with Crippen LogP contribution in [0.5, 0.6) is 0 Å². The summed E-state index contributed by atoms with van der Waals surface area (Å²) >= 11 is 0. The highest BCUT2D eigenvalue weighted by atomic mass is 15.0. The Morgan fingerprint density at radius 2 is 1.93 bits per heavy atom. The molecule has 0 bridgehead atoms. The lowest BCUT2D eigenvalue weighted by molar-refractivity contribution is 0.596. The number of hydrogen-bond donors (Lipinski definition) is 2. The Hall–Kier alpha value is -3.47. The minimum Gasteiger partial charge on any atom is -0.383 e. The van der Waals surface area contributed by atoms with Crippen molar-refractivity contribution in [2.24, 2.45) is 10.9 Å². The van der Waals surface area contributed by atoms with Crippen molar-refractivity contribution in [3.8, 4) is 0 Å². The zero-order chi connectivity index (χ0) is 19.1. The average molecular weight is 367 g/mol. The Bertz CT molecular complexity index is 1270. The highest BCUT2D eigenvalue weighted by molar-refractivity contribution is 5.89. The Kier molecular flexibility index (Phi) is 3.93. The fourth-order valence-corrected chi connectivity index (χ4v) is 4.13. The molecule has 5 rings (SSSR count). The van der Waals surface area contributed by atoms with E-state index in [9.17, 15) is 0 Å². The number of nitrogens with zero attached hydrogens (tertiary/aromatic N) is 3. The Labute approximate surface area is 162 Å². The Morgan fingerprint density at radius 3 is 2.86 bits per heavy atom. The van der Waals surface area contributed by atoms with Crippen molar-refractivity contribution in [3.05, 3.63) is 82.0 Å². The maximum atomic E-state index is 6.06. The van der Waals surface area contributed by atoms with Crippen LogP contribution in [0.4, 0.5) is 11.8 Å². The number of nitrogens with two attached hydrogens (primary N) is 2. The van der Waals surface area contributed by atoms with Gasteiger partial charge in [-0.3, -0.25) is 0 Å². The summed E-state index contributed by atoms with van der Waals surface area (Å²) in [5.41, 5.74) is 16.3. The van der Waals surface area contributed by atoms with Crippen molar-refractivity contribution < 1.29 is 0 Å². The molecule has 0 amide bonds. The molecule has 5 heteroatoms. The van der Waals surface area contributed by atoms with Crippen molar-refractivity contribution in [2.75, 3.05) is 11.5 Å². The lowest BCUT2D eigenvalue weighted by Gasteiger charge is -2.23. The number of para-hydroxylation sites is 1. The molecule has 0 fully saturated rings. The first-order chi connectivity index (χ1) is 13.7.